The van der Waals surface area contributed by atoms with Crippen LogP contribution in [0.2, 0.25) is 0 Å². The molecule has 1 aliphatic rings. The number of nitrogens with one attached hydrogen (secondary N) is 1. The fourth-order valence-electron chi connectivity index (χ4n) is 2.39. The first kappa shape index (κ1) is 17.9. The fraction of sp³-hybridized carbons (Fsp3) is 0.158. The number of nitrogens with zero attached hydrogens (tertiary/aromatic N) is 1. The van der Waals surface area contributed by atoms with Gasteiger partial charge in [-0.05, 0) is 42.1 Å². The number of amides is 1. The normalized spacial score (nSPS) is 16.7. The van der Waals surface area contributed by atoms with Crippen LogP contribution in [0.5, 0.6) is 17.2 Å². The first-order valence-corrected chi connectivity index (χ1v) is 8.61. The Balaban J connectivity index is 1.88. The van der Waals surface area contributed by atoms with Crippen LogP contribution < -0.4 is 19.5 Å². The summed E-state index contributed by atoms with van der Waals surface area (Å²) in [6.07, 6.45) is 1.77. The number of ether oxygens (including phenoxy) is 3. The first-order chi connectivity index (χ1) is 12.6. The molecule has 2 aromatic rings. The minimum atomic E-state index is -0.207. The molecule has 1 aliphatic heterocycles. The second-order valence-corrected chi connectivity index (χ2v) is 6.29. The fourth-order valence-corrected chi connectivity index (χ4v) is 3.22. The molecule has 0 radical (unpaired) electrons. The molecule has 0 atom stereocenters. The lowest BCUT2D eigenvalue weighted by Crippen LogP contribution is -2.19. The number of hydrogen-bond donors (Lipinski definition) is 1. The molecule has 7 heteroatoms. The summed E-state index contributed by atoms with van der Waals surface area (Å²) in [6.45, 7) is 0. The van der Waals surface area contributed by atoms with Crippen molar-refractivity contribution >= 4 is 34.6 Å². The van der Waals surface area contributed by atoms with Crippen LogP contribution in [0, 0.1) is 0 Å². The Kier molecular flexibility index (Phi) is 5.48. The first-order valence-electron chi connectivity index (χ1n) is 7.79. The lowest BCUT2D eigenvalue weighted by molar-refractivity contribution is -0.115. The molecule has 0 unspecified atom stereocenters. The van der Waals surface area contributed by atoms with E-state index in [1.165, 1.54) is 11.8 Å². The summed E-state index contributed by atoms with van der Waals surface area (Å²) in [6, 6.07) is 12.8. The maximum Gasteiger partial charge on any atom is 0.264 e. The number of rotatable bonds is 5. The van der Waals surface area contributed by atoms with Gasteiger partial charge in [-0.15, -0.1) is 0 Å². The quantitative estimate of drug-likeness (QED) is 0.815. The highest BCUT2D eigenvalue weighted by atomic mass is 32.2. The molecule has 1 amide bonds. The van der Waals surface area contributed by atoms with Gasteiger partial charge in [-0.3, -0.25) is 4.79 Å². The van der Waals surface area contributed by atoms with Crippen LogP contribution in [0.3, 0.4) is 0 Å². The summed E-state index contributed by atoms with van der Waals surface area (Å²) >= 11 is 1.26. The average Bonchev–Trinajstić information content (AvgIpc) is 3.01. The Morgan fingerprint density at radius 2 is 1.77 bits per heavy atom. The minimum absolute atomic E-state index is 0.207. The molecular formula is C19H18N2O4S. The minimum Gasteiger partial charge on any atom is -0.497 e. The van der Waals surface area contributed by atoms with Crippen molar-refractivity contribution < 1.29 is 19.0 Å². The summed E-state index contributed by atoms with van der Waals surface area (Å²) in [5.74, 6) is 1.75. The Bertz CT molecular complexity index is 893. The van der Waals surface area contributed by atoms with E-state index >= 15 is 0 Å². The zero-order valence-electron chi connectivity index (χ0n) is 14.6. The van der Waals surface area contributed by atoms with Gasteiger partial charge in [0.25, 0.3) is 5.91 Å². The van der Waals surface area contributed by atoms with Crippen molar-refractivity contribution in [2.45, 2.75) is 0 Å². The third kappa shape index (κ3) is 3.83. The molecule has 0 aliphatic carbocycles. The van der Waals surface area contributed by atoms with E-state index in [4.69, 9.17) is 14.2 Å². The highest BCUT2D eigenvalue weighted by Gasteiger charge is 2.24. The van der Waals surface area contributed by atoms with Crippen LogP contribution >= 0.6 is 11.8 Å². The third-order valence-corrected chi connectivity index (χ3v) is 4.60. The summed E-state index contributed by atoms with van der Waals surface area (Å²) < 4.78 is 15.9. The zero-order chi connectivity index (χ0) is 18.5. The maximum absolute atomic E-state index is 12.3. The topological polar surface area (TPSA) is 69.2 Å². The smallest absolute Gasteiger partial charge is 0.264 e. The van der Waals surface area contributed by atoms with Crippen molar-refractivity contribution in [1.82, 2.24) is 5.32 Å². The number of benzene rings is 2. The highest BCUT2D eigenvalue weighted by molar-refractivity contribution is 8.18. The second-order valence-electron chi connectivity index (χ2n) is 5.26. The molecule has 3 rings (SSSR count). The lowest BCUT2D eigenvalue weighted by Gasteiger charge is -2.07. The summed E-state index contributed by atoms with van der Waals surface area (Å²) in [5.41, 5.74) is 1.44. The molecule has 1 fully saturated rings. The number of carbonyl (C=O) groups excluding carboxylic acids is 1. The van der Waals surface area contributed by atoms with Crippen LogP contribution in [0.4, 0.5) is 5.69 Å². The third-order valence-electron chi connectivity index (χ3n) is 3.69. The molecule has 0 aromatic heterocycles. The predicted molar refractivity (Wildman–Crippen MR) is 103 cm³/mol. The van der Waals surface area contributed by atoms with E-state index in [-0.39, 0.29) is 5.91 Å². The van der Waals surface area contributed by atoms with Crippen molar-refractivity contribution in [3.05, 3.63) is 52.9 Å². The molecule has 2 aromatic carbocycles. The molecule has 0 saturated carbocycles. The van der Waals surface area contributed by atoms with Crippen molar-refractivity contribution in [1.29, 1.82) is 0 Å². The van der Waals surface area contributed by atoms with Gasteiger partial charge in [0, 0.05) is 11.6 Å². The van der Waals surface area contributed by atoms with E-state index in [9.17, 15) is 4.79 Å². The number of carbonyl (C=O) groups is 1. The van der Waals surface area contributed by atoms with Crippen molar-refractivity contribution in [2.24, 2.45) is 4.99 Å². The van der Waals surface area contributed by atoms with Crippen LogP contribution in [-0.4, -0.2) is 32.4 Å². The van der Waals surface area contributed by atoms with Gasteiger partial charge in [0.1, 0.15) is 22.9 Å². The Labute approximate surface area is 155 Å². The van der Waals surface area contributed by atoms with Crippen molar-refractivity contribution in [3.8, 4) is 17.2 Å². The van der Waals surface area contributed by atoms with Gasteiger partial charge < -0.3 is 19.5 Å². The van der Waals surface area contributed by atoms with E-state index in [0.717, 1.165) is 5.56 Å². The predicted octanol–water partition coefficient (Wildman–Crippen LogP) is 3.60. The lowest BCUT2D eigenvalue weighted by atomic mass is 10.1. The van der Waals surface area contributed by atoms with Crippen LogP contribution in [0.15, 0.2) is 52.4 Å². The van der Waals surface area contributed by atoms with E-state index < -0.39 is 0 Å². The molecule has 0 spiro atoms. The molecule has 0 bridgehead atoms. The zero-order valence-corrected chi connectivity index (χ0v) is 15.4. The monoisotopic (exact) mass is 370 g/mol. The molecule has 1 heterocycles. The summed E-state index contributed by atoms with van der Waals surface area (Å²) in [5, 5.41) is 3.27. The van der Waals surface area contributed by atoms with Gasteiger partial charge in [0.2, 0.25) is 0 Å². The molecule has 134 valence electrons. The SMILES string of the molecule is COc1ccc(C=C2SC(=Nc3ccccc3OC)NC2=O)c(OC)c1. The van der Waals surface area contributed by atoms with E-state index in [2.05, 4.69) is 10.3 Å². The summed E-state index contributed by atoms with van der Waals surface area (Å²) in [7, 11) is 4.75. The Morgan fingerprint density at radius 3 is 2.50 bits per heavy atom. The van der Waals surface area contributed by atoms with Crippen LogP contribution in [-0.2, 0) is 4.79 Å². The van der Waals surface area contributed by atoms with Gasteiger partial charge in [-0.25, -0.2) is 4.99 Å². The van der Waals surface area contributed by atoms with Gasteiger partial charge in [0.15, 0.2) is 5.17 Å². The molecule has 1 N–H and O–H groups in total. The average molecular weight is 370 g/mol. The molecule has 6 nitrogen and oxygen atoms in total. The molecule has 1 saturated heterocycles. The van der Waals surface area contributed by atoms with Crippen molar-refractivity contribution in [3.63, 3.8) is 0 Å². The number of thioether (sulfide) groups is 1. The van der Waals surface area contributed by atoms with Gasteiger partial charge in [-0.1, -0.05) is 12.1 Å². The Morgan fingerprint density at radius 1 is 1.00 bits per heavy atom. The van der Waals surface area contributed by atoms with Gasteiger partial charge >= 0.3 is 0 Å². The highest BCUT2D eigenvalue weighted by Crippen LogP contribution is 2.34. The maximum atomic E-state index is 12.3. The van der Waals surface area contributed by atoms with Crippen LogP contribution in [0.1, 0.15) is 5.56 Å². The van der Waals surface area contributed by atoms with E-state index in [0.29, 0.717) is 33.0 Å². The van der Waals surface area contributed by atoms with Gasteiger partial charge in [-0.2, -0.15) is 0 Å². The largest absolute Gasteiger partial charge is 0.497 e. The number of hydrogen-bond acceptors (Lipinski definition) is 6. The molecular weight excluding hydrogens is 352 g/mol. The number of amidine groups is 1. The second kappa shape index (κ2) is 7.97. The van der Waals surface area contributed by atoms with Crippen molar-refractivity contribution in [2.75, 3.05) is 21.3 Å². The summed E-state index contributed by atoms with van der Waals surface area (Å²) in [4.78, 5) is 17.3. The van der Waals surface area contributed by atoms with E-state index in [1.807, 2.05) is 36.4 Å². The van der Waals surface area contributed by atoms with Crippen LogP contribution in [0.25, 0.3) is 6.08 Å². The van der Waals surface area contributed by atoms with Gasteiger partial charge in [0.05, 0.1) is 26.2 Å². The number of para-hydroxylation sites is 2. The van der Waals surface area contributed by atoms with E-state index in [1.54, 1.807) is 33.5 Å². The standard InChI is InChI=1S/C19H18N2O4S/c1-23-13-9-8-12(16(11-13)25-3)10-17-18(22)21-19(26-17)20-14-6-4-5-7-15(14)24-2/h4-11H,1-3H3,(H,20,21,22). The number of methoxy groups -OCH3 is 3. The number of aliphatic imine (C=N–C) groups is 1. The Hall–Kier alpha value is -2.93. The molecule has 26 heavy (non-hydrogen) atoms.